The van der Waals surface area contributed by atoms with Crippen LogP contribution in [0.4, 0.5) is 0 Å². The number of hydrogen-bond donors (Lipinski definition) is 1. The van der Waals surface area contributed by atoms with Gasteiger partial charge >= 0.3 is 0 Å². The summed E-state index contributed by atoms with van der Waals surface area (Å²) in [5.74, 6) is -0.606. The fourth-order valence-corrected chi connectivity index (χ4v) is 3.70. The van der Waals surface area contributed by atoms with Crippen molar-refractivity contribution in [3.05, 3.63) is 40.3 Å². The molecule has 1 unspecified atom stereocenters. The number of halogens is 1. The van der Waals surface area contributed by atoms with Crippen molar-refractivity contribution in [3.8, 4) is 0 Å². The number of rotatable bonds is 4. The van der Waals surface area contributed by atoms with Gasteiger partial charge in [-0.1, -0.05) is 23.7 Å². The van der Waals surface area contributed by atoms with Gasteiger partial charge in [-0.2, -0.15) is 4.31 Å². The largest absolute Gasteiger partial charge is 0.368 e. The van der Waals surface area contributed by atoms with Crippen LogP contribution in [0.25, 0.3) is 6.08 Å². The lowest BCUT2D eigenvalue weighted by molar-refractivity contribution is -0.121. The first-order valence-corrected chi connectivity index (χ1v) is 8.03. The Hall–Kier alpha value is -1.37. The molecule has 2 N–H and O–H groups in total. The van der Waals surface area contributed by atoms with Crippen molar-refractivity contribution in [2.45, 2.75) is 18.9 Å². The lowest BCUT2D eigenvalue weighted by atomic mass is 10.2. The minimum atomic E-state index is -3.64. The molecule has 1 fully saturated rings. The van der Waals surface area contributed by atoms with Crippen molar-refractivity contribution >= 4 is 33.6 Å². The van der Waals surface area contributed by atoms with E-state index in [4.69, 9.17) is 17.3 Å². The maximum atomic E-state index is 12.2. The predicted molar refractivity (Wildman–Crippen MR) is 78.3 cm³/mol. The Morgan fingerprint density at radius 3 is 2.60 bits per heavy atom. The minimum Gasteiger partial charge on any atom is -0.368 e. The van der Waals surface area contributed by atoms with E-state index in [0.29, 0.717) is 30.0 Å². The van der Waals surface area contributed by atoms with Crippen molar-refractivity contribution in [1.29, 1.82) is 0 Å². The first-order valence-electron chi connectivity index (χ1n) is 6.15. The van der Waals surface area contributed by atoms with Gasteiger partial charge in [-0.05, 0) is 36.6 Å². The SMILES string of the molecule is NC(=O)C1CCCN1S(=O)(=O)/C=C/c1ccc(Cl)cc1. The lowest BCUT2D eigenvalue weighted by Crippen LogP contribution is -2.42. The number of nitrogens with two attached hydrogens (primary N) is 1. The van der Waals surface area contributed by atoms with Gasteiger partial charge in [0.05, 0.1) is 0 Å². The summed E-state index contributed by atoms with van der Waals surface area (Å²) in [5.41, 5.74) is 5.94. The van der Waals surface area contributed by atoms with Crippen LogP contribution in [0, 0.1) is 0 Å². The van der Waals surface area contributed by atoms with Gasteiger partial charge in [-0.15, -0.1) is 0 Å². The van der Waals surface area contributed by atoms with E-state index in [1.54, 1.807) is 24.3 Å². The van der Waals surface area contributed by atoms with Crippen LogP contribution >= 0.6 is 11.6 Å². The lowest BCUT2D eigenvalue weighted by Gasteiger charge is -2.19. The number of amides is 1. The van der Waals surface area contributed by atoms with Gasteiger partial charge in [-0.3, -0.25) is 4.79 Å². The zero-order valence-corrected chi connectivity index (χ0v) is 12.3. The zero-order valence-electron chi connectivity index (χ0n) is 10.7. The Morgan fingerprint density at radius 1 is 1.35 bits per heavy atom. The van der Waals surface area contributed by atoms with E-state index in [9.17, 15) is 13.2 Å². The van der Waals surface area contributed by atoms with Gasteiger partial charge in [0.2, 0.25) is 15.9 Å². The molecule has 0 saturated carbocycles. The van der Waals surface area contributed by atoms with E-state index in [-0.39, 0.29) is 0 Å². The van der Waals surface area contributed by atoms with Gasteiger partial charge in [0, 0.05) is 17.0 Å². The highest BCUT2D eigenvalue weighted by molar-refractivity contribution is 7.92. The molecule has 7 heteroatoms. The van der Waals surface area contributed by atoms with Crippen molar-refractivity contribution in [2.75, 3.05) is 6.54 Å². The number of sulfonamides is 1. The molecule has 0 spiro atoms. The molecule has 1 atom stereocenters. The fraction of sp³-hybridized carbons (Fsp3) is 0.308. The fourth-order valence-electron chi connectivity index (χ4n) is 2.15. The van der Waals surface area contributed by atoms with E-state index in [1.807, 2.05) is 0 Å². The van der Waals surface area contributed by atoms with Gasteiger partial charge in [0.1, 0.15) is 6.04 Å². The molecule has 1 amide bonds. The molecular formula is C13H15ClN2O3S. The second-order valence-corrected chi connectivity index (χ2v) is 6.78. The first kappa shape index (κ1) is 15.0. The van der Waals surface area contributed by atoms with E-state index < -0.39 is 22.0 Å². The number of nitrogens with zero attached hydrogens (tertiary/aromatic N) is 1. The van der Waals surface area contributed by atoms with E-state index in [2.05, 4.69) is 0 Å². The van der Waals surface area contributed by atoms with Crippen LogP contribution in [0.1, 0.15) is 18.4 Å². The molecule has 0 bridgehead atoms. The number of hydrogen-bond acceptors (Lipinski definition) is 3. The van der Waals surface area contributed by atoms with Crippen LogP contribution in [0.5, 0.6) is 0 Å². The quantitative estimate of drug-likeness (QED) is 0.916. The van der Waals surface area contributed by atoms with Gasteiger partial charge < -0.3 is 5.73 Å². The highest BCUT2D eigenvalue weighted by Crippen LogP contribution is 2.22. The topological polar surface area (TPSA) is 80.5 Å². The standard InChI is InChI=1S/C13H15ClN2O3S/c14-11-5-3-10(4-6-11)7-9-20(18,19)16-8-1-2-12(16)13(15)17/h3-7,9,12H,1-2,8H2,(H2,15,17)/b9-7+. The molecule has 2 rings (SSSR count). The molecule has 0 aliphatic carbocycles. The molecule has 1 heterocycles. The average Bonchev–Trinajstić information content (AvgIpc) is 2.88. The Kier molecular flexibility index (Phi) is 4.47. The molecule has 1 aliphatic heterocycles. The summed E-state index contributed by atoms with van der Waals surface area (Å²) in [7, 11) is -3.64. The highest BCUT2D eigenvalue weighted by atomic mass is 35.5. The maximum absolute atomic E-state index is 12.2. The normalized spacial score (nSPS) is 20.6. The summed E-state index contributed by atoms with van der Waals surface area (Å²) in [6.07, 6.45) is 2.59. The smallest absolute Gasteiger partial charge is 0.236 e. The van der Waals surface area contributed by atoms with E-state index in [0.717, 1.165) is 9.71 Å². The van der Waals surface area contributed by atoms with Crippen LogP contribution in [0.15, 0.2) is 29.7 Å². The van der Waals surface area contributed by atoms with E-state index in [1.165, 1.54) is 6.08 Å². The Balaban J connectivity index is 2.18. The van der Waals surface area contributed by atoms with Crippen LogP contribution in [0.2, 0.25) is 5.02 Å². The number of primary amides is 1. The van der Waals surface area contributed by atoms with Gasteiger partial charge in [-0.25, -0.2) is 8.42 Å². The summed E-state index contributed by atoms with van der Waals surface area (Å²) in [4.78, 5) is 11.2. The molecule has 108 valence electrons. The average molecular weight is 315 g/mol. The zero-order chi connectivity index (χ0) is 14.8. The molecule has 1 saturated heterocycles. The Bertz CT molecular complexity index is 626. The van der Waals surface area contributed by atoms with Crippen LogP contribution < -0.4 is 5.73 Å². The van der Waals surface area contributed by atoms with Gasteiger partial charge in [0.15, 0.2) is 0 Å². The van der Waals surface area contributed by atoms with Crippen LogP contribution in [0.3, 0.4) is 0 Å². The third-order valence-corrected chi connectivity index (χ3v) is 4.98. The van der Waals surface area contributed by atoms with Crippen molar-refractivity contribution in [3.63, 3.8) is 0 Å². The minimum absolute atomic E-state index is 0.320. The molecule has 20 heavy (non-hydrogen) atoms. The van der Waals surface area contributed by atoms with Gasteiger partial charge in [0.25, 0.3) is 0 Å². The van der Waals surface area contributed by atoms with Crippen molar-refractivity contribution in [1.82, 2.24) is 4.31 Å². The Labute approximate surface area is 123 Å². The third kappa shape index (κ3) is 3.39. The third-order valence-electron chi connectivity index (χ3n) is 3.16. The van der Waals surface area contributed by atoms with Crippen LogP contribution in [-0.4, -0.2) is 31.2 Å². The van der Waals surface area contributed by atoms with Crippen molar-refractivity contribution in [2.24, 2.45) is 5.73 Å². The molecular weight excluding hydrogens is 300 g/mol. The Morgan fingerprint density at radius 2 is 2.00 bits per heavy atom. The summed E-state index contributed by atoms with van der Waals surface area (Å²) in [5, 5.41) is 1.68. The molecule has 5 nitrogen and oxygen atoms in total. The summed E-state index contributed by atoms with van der Waals surface area (Å²) < 4.78 is 25.5. The highest BCUT2D eigenvalue weighted by Gasteiger charge is 2.36. The predicted octanol–water partition coefficient (Wildman–Crippen LogP) is 1.59. The monoisotopic (exact) mass is 314 g/mol. The number of benzene rings is 1. The maximum Gasteiger partial charge on any atom is 0.236 e. The molecule has 1 aliphatic rings. The number of carbonyl (C=O) groups excluding carboxylic acids is 1. The first-order chi connectivity index (χ1) is 9.40. The molecule has 0 radical (unpaired) electrons. The second-order valence-electron chi connectivity index (χ2n) is 4.57. The van der Waals surface area contributed by atoms with Crippen LogP contribution in [-0.2, 0) is 14.8 Å². The summed E-state index contributed by atoms with van der Waals surface area (Å²) in [6.45, 7) is 0.320. The summed E-state index contributed by atoms with van der Waals surface area (Å²) >= 11 is 5.76. The summed E-state index contributed by atoms with van der Waals surface area (Å²) in [6, 6.07) is 6.04. The second kappa shape index (κ2) is 5.95. The van der Waals surface area contributed by atoms with E-state index >= 15 is 0 Å². The molecule has 0 aromatic heterocycles. The van der Waals surface area contributed by atoms with Crippen molar-refractivity contribution < 1.29 is 13.2 Å². The number of carbonyl (C=O) groups is 1. The molecule has 1 aromatic carbocycles. The molecule has 1 aromatic rings.